The second-order valence-corrected chi connectivity index (χ2v) is 4.03. The fraction of sp³-hybridized carbons (Fsp3) is 0.0667. The molecule has 0 bridgehead atoms. The molecule has 1 aliphatic rings. The molecule has 0 aliphatic carbocycles. The quantitative estimate of drug-likeness (QED) is 0.724. The molecule has 2 aromatic rings. The van der Waals surface area contributed by atoms with Gasteiger partial charge in [0.1, 0.15) is 6.26 Å². The van der Waals surface area contributed by atoms with E-state index in [1.807, 2.05) is 30.5 Å². The smallest absolute Gasteiger partial charge is 0.150 e. The zero-order chi connectivity index (χ0) is 11.7. The minimum atomic E-state index is 0.887. The molecule has 0 unspecified atom stereocenters. The zero-order valence-electron chi connectivity index (χ0n) is 9.63. The average molecular weight is 223 g/mol. The molecule has 1 heterocycles. The van der Waals surface area contributed by atoms with Crippen LogP contribution in [0.15, 0.2) is 61.0 Å². The third-order valence-electron chi connectivity index (χ3n) is 2.90. The van der Waals surface area contributed by atoms with Crippen molar-refractivity contribution in [2.24, 2.45) is 0 Å². The van der Waals surface area contributed by atoms with E-state index in [0.29, 0.717) is 0 Å². The molecule has 0 N–H and O–H groups in total. The summed E-state index contributed by atoms with van der Waals surface area (Å²) in [6.45, 7) is 2.11. The summed E-state index contributed by atoms with van der Waals surface area (Å²) in [6, 6.07) is 16.4. The highest BCUT2D eigenvalue weighted by atomic mass is 16.5. The number of hydrogen-bond donors (Lipinski definition) is 0. The van der Waals surface area contributed by atoms with E-state index in [2.05, 4.69) is 36.1 Å². The number of anilines is 2. The molecule has 2 heteroatoms. The van der Waals surface area contributed by atoms with Crippen LogP contribution in [0.2, 0.25) is 0 Å². The van der Waals surface area contributed by atoms with Crippen molar-refractivity contribution in [2.45, 2.75) is 6.92 Å². The van der Waals surface area contributed by atoms with E-state index in [-0.39, 0.29) is 0 Å². The normalized spacial score (nSPS) is 13.1. The van der Waals surface area contributed by atoms with Gasteiger partial charge in [0.25, 0.3) is 0 Å². The van der Waals surface area contributed by atoms with Crippen LogP contribution in [0.1, 0.15) is 5.56 Å². The Labute approximate surface area is 101 Å². The fourth-order valence-electron chi connectivity index (χ4n) is 2.04. The van der Waals surface area contributed by atoms with Gasteiger partial charge < -0.3 is 9.64 Å². The maximum Gasteiger partial charge on any atom is 0.150 e. The first-order valence-electron chi connectivity index (χ1n) is 5.63. The van der Waals surface area contributed by atoms with Crippen molar-refractivity contribution < 1.29 is 4.74 Å². The molecule has 0 spiro atoms. The van der Waals surface area contributed by atoms with Crippen LogP contribution in [0.5, 0.6) is 5.75 Å². The SMILES string of the molecule is Cc1ccccc1N1C=COc2ccccc21. The summed E-state index contributed by atoms with van der Waals surface area (Å²) in [4.78, 5) is 2.15. The number of ether oxygens (including phenoxy) is 1. The second-order valence-electron chi connectivity index (χ2n) is 4.03. The molecule has 3 rings (SSSR count). The molecular formula is C15H13NO. The van der Waals surface area contributed by atoms with Gasteiger partial charge in [-0.05, 0) is 30.7 Å². The largest absolute Gasteiger partial charge is 0.461 e. The predicted molar refractivity (Wildman–Crippen MR) is 69.5 cm³/mol. The molecular weight excluding hydrogens is 210 g/mol. The minimum Gasteiger partial charge on any atom is -0.461 e. The van der Waals surface area contributed by atoms with Crippen molar-refractivity contribution in [2.75, 3.05) is 4.90 Å². The van der Waals surface area contributed by atoms with E-state index >= 15 is 0 Å². The van der Waals surface area contributed by atoms with Crippen molar-refractivity contribution in [3.8, 4) is 5.75 Å². The minimum absolute atomic E-state index is 0.887. The first-order chi connectivity index (χ1) is 8.36. The lowest BCUT2D eigenvalue weighted by molar-refractivity contribution is 0.473. The molecule has 0 aromatic heterocycles. The van der Waals surface area contributed by atoms with Crippen molar-refractivity contribution in [3.05, 3.63) is 66.6 Å². The van der Waals surface area contributed by atoms with Crippen LogP contribution >= 0.6 is 0 Å². The van der Waals surface area contributed by atoms with E-state index in [0.717, 1.165) is 11.4 Å². The van der Waals surface area contributed by atoms with Crippen LogP contribution in [0.4, 0.5) is 11.4 Å². The van der Waals surface area contributed by atoms with Crippen LogP contribution in [0.3, 0.4) is 0 Å². The van der Waals surface area contributed by atoms with E-state index in [9.17, 15) is 0 Å². The Hall–Kier alpha value is -2.22. The van der Waals surface area contributed by atoms with Gasteiger partial charge in [-0.15, -0.1) is 0 Å². The summed E-state index contributed by atoms with van der Waals surface area (Å²) in [6.07, 6.45) is 3.67. The number of para-hydroxylation sites is 3. The molecule has 0 amide bonds. The summed E-state index contributed by atoms with van der Waals surface area (Å²) < 4.78 is 5.49. The van der Waals surface area contributed by atoms with Crippen LogP contribution in [0.25, 0.3) is 0 Å². The van der Waals surface area contributed by atoms with Gasteiger partial charge in [0.15, 0.2) is 5.75 Å². The number of rotatable bonds is 1. The lowest BCUT2D eigenvalue weighted by atomic mass is 10.1. The summed E-state index contributed by atoms with van der Waals surface area (Å²) in [7, 11) is 0. The number of fused-ring (bicyclic) bond motifs is 1. The Kier molecular flexibility index (Phi) is 2.33. The monoisotopic (exact) mass is 223 g/mol. The van der Waals surface area contributed by atoms with Crippen molar-refractivity contribution in [3.63, 3.8) is 0 Å². The molecule has 0 radical (unpaired) electrons. The Bertz CT molecular complexity index is 575. The molecule has 0 atom stereocenters. The maximum atomic E-state index is 5.49. The maximum absolute atomic E-state index is 5.49. The molecule has 0 fully saturated rings. The third kappa shape index (κ3) is 1.68. The highest BCUT2D eigenvalue weighted by molar-refractivity contribution is 5.74. The first kappa shape index (κ1) is 9.97. The molecule has 2 aromatic carbocycles. The number of nitrogens with zero attached hydrogens (tertiary/aromatic N) is 1. The summed E-state index contributed by atoms with van der Waals surface area (Å²) in [5, 5.41) is 0. The lowest BCUT2D eigenvalue weighted by Crippen LogP contribution is -2.14. The van der Waals surface area contributed by atoms with Gasteiger partial charge in [-0.25, -0.2) is 0 Å². The predicted octanol–water partition coefficient (Wildman–Crippen LogP) is 4.00. The molecule has 84 valence electrons. The highest BCUT2D eigenvalue weighted by Crippen LogP contribution is 2.37. The van der Waals surface area contributed by atoms with E-state index in [4.69, 9.17) is 4.74 Å². The van der Waals surface area contributed by atoms with Crippen molar-refractivity contribution >= 4 is 11.4 Å². The Morgan fingerprint density at radius 3 is 2.41 bits per heavy atom. The average Bonchev–Trinajstić information content (AvgIpc) is 2.39. The zero-order valence-corrected chi connectivity index (χ0v) is 9.63. The lowest BCUT2D eigenvalue weighted by Gasteiger charge is -2.27. The summed E-state index contributed by atoms with van der Waals surface area (Å²) in [5.41, 5.74) is 3.50. The molecule has 17 heavy (non-hydrogen) atoms. The number of hydrogen-bond acceptors (Lipinski definition) is 2. The first-order valence-corrected chi connectivity index (χ1v) is 5.63. The van der Waals surface area contributed by atoms with Crippen LogP contribution < -0.4 is 9.64 Å². The molecule has 2 nitrogen and oxygen atoms in total. The van der Waals surface area contributed by atoms with Gasteiger partial charge in [0.2, 0.25) is 0 Å². The van der Waals surface area contributed by atoms with E-state index < -0.39 is 0 Å². The van der Waals surface area contributed by atoms with Crippen LogP contribution in [-0.2, 0) is 0 Å². The summed E-state index contributed by atoms with van der Waals surface area (Å²) >= 11 is 0. The van der Waals surface area contributed by atoms with Gasteiger partial charge in [-0.2, -0.15) is 0 Å². The van der Waals surface area contributed by atoms with Crippen molar-refractivity contribution in [1.29, 1.82) is 0 Å². The molecule has 1 aliphatic heterocycles. The standard InChI is InChI=1S/C15H13NO/c1-12-6-2-3-7-13(12)16-10-11-17-15-9-5-4-8-14(15)16/h2-11H,1H3. The van der Waals surface area contributed by atoms with E-state index in [1.54, 1.807) is 6.26 Å². The Balaban J connectivity index is 2.13. The van der Waals surface area contributed by atoms with Gasteiger partial charge in [-0.1, -0.05) is 30.3 Å². The van der Waals surface area contributed by atoms with Gasteiger partial charge in [-0.3, -0.25) is 0 Å². The topological polar surface area (TPSA) is 12.5 Å². The van der Waals surface area contributed by atoms with Crippen LogP contribution in [0, 0.1) is 6.92 Å². The second kappa shape index (κ2) is 3.98. The Morgan fingerprint density at radius 1 is 0.882 bits per heavy atom. The van der Waals surface area contributed by atoms with Gasteiger partial charge in [0, 0.05) is 11.9 Å². The highest BCUT2D eigenvalue weighted by Gasteiger charge is 2.16. The van der Waals surface area contributed by atoms with Crippen LogP contribution in [-0.4, -0.2) is 0 Å². The molecule has 0 saturated heterocycles. The van der Waals surface area contributed by atoms with Gasteiger partial charge in [0.05, 0.1) is 5.69 Å². The molecule has 0 saturated carbocycles. The van der Waals surface area contributed by atoms with Crippen molar-refractivity contribution in [1.82, 2.24) is 0 Å². The third-order valence-corrected chi connectivity index (χ3v) is 2.90. The fourth-order valence-corrected chi connectivity index (χ4v) is 2.04. The Morgan fingerprint density at radius 2 is 1.59 bits per heavy atom. The van der Waals surface area contributed by atoms with E-state index in [1.165, 1.54) is 11.3 Å². The number of benzene rings is 2. The number of aryl methyl sites for hydroxylation is 1. The summed E-state index contributed by atoms with van der Waals surface area (Å²) in [5.74, 6) is 0.887. The van der Waals surface area contributed by atoms with Gasteiger partial charge >= 0.3 is 0 Å².